The number of benzene rings is 1. The second-order valence-electron chi connectivity index (χ2n) is 4.48. The SMILES string of the molecule is COC(=O)Nc1cccc(-c2csc(-c3cccnc3)n2)c1. The van der Waals surface area contributed by atoms with E-state index in [2.05, 4.69) is 20.0 Å². The Balaban J connectivity index is 1.87. The van der Waals surface area contributed by atoms with Crippen LogP contribution in [0.2, 0.25) is 0 Å². The normalized spacial score (nSPS) is 10.2. The molecule has 0 saturated carbocycles. The second-order valence-corrected chi connectivity index (χ2v) is 5.34. The van der Waals surface area contributed by atoms with Crippen molar-refractivity contribution in [1.29, 1.82) is 0 Å². The number of amides is 1. The van der Waals surface area contributed by atoms with Crippen molar-refractivity contribution in [3.8, 4) is 21.8 Å². The van der Waals surface area contributed by atoms with Crippen LogP contribution >= 0.6 is 11.3 Å². The number of pyridine rings is 1. The molecular weight excluding hydrogens is 298 g/mol. The van der Waals surface area contributed by atoms with Crippen molar-refractivity contribution >= 4 is 23.1 Å². The summed E-state index contributed by atoms with van der Waals surface area (Å²) in [6.07, 6.45) is 3.03. The van der Waals surface area contributed by atoms with E-state index < -0.39 is 6.09 Å². The molecule has 1 N–H and O–H groups in total. The van der Waals surface area contributed by atoms with Gasteiger partial charge in [0, 0.05) is 34.6 Å². The largest absolute Gasteiger partial charge is 0.453 e. The molecular formula is C16H13N3O2S. The number of carbonyl (C=O) groups is 1. The molecule has 0 fully saturated rings. The smallest absolute Gasteiger partial charge is 0.411 e. The molecule has 0 unspecified atom stereocenters. The minimum atomic E-state index is -0.494. The zero-order valence-corrected chi connectivity index (χ0v) is 12.6. The van der Waals surface area contributed by atoms with Gasteiger partial charge < -0.3 is 4.74 Å². The number of ether oxygens (including phenoxy) is 1. The van der Waals surface area contributed by atoms with Gasteiger partial charge in [-0.1, -0.05) is 12.1 Å². The van der Waals surface area contributed by atoms with Crippen LogP contribution in [-0.4, -0.2) is 23.2 Å². The molecule has 0 atom stereocenters. The summed E-state index contributed by atoms with van der Waals surface area (Å²) in [6.45, 7) is 0. The van der Waals surface area contributed by atoms with Gasteiger partial charge in [-0.25, -0.2) is 9.78 Å². The summed E-state index contributed by atoms with van der Waals surface area (Å²) in [5.41, 5.74) is 3.44. The van der Waals surface area contributed by atoms with Gasteiger partial charge in [-0.15, -0.1) is 11.3 Å². The first-order valence-electron chi connectivity index (χ1n) is 6.57. The summed E-state index contributed by atoms with van der Waals surface area (Å²) in [7, 11) is 1.33. The Morgan fingerprint density at radius 1 is 1.23 bits per heavy atom. The van der Waals surface area contributed by atoms with E-state index in [4.69, 9.17) is 0 Å². The molecule has 22 heavy (non-hydrogen) atoms. The predicted octanol–water partition coefficient (Wildman–Crippen LogP) is 4.05. The quantitative estimate of drug-likeness (QED) is 0.792. The topological polar surface area (TPSA) is 64.1 Å². The fraction of sp³-hybridized carbons (Fsp3) is 0.0625. The van der Waals surface area contributed by atoms with Gasteiger partial charge in [0.2, 0.25) is 0 Å². The number of thiazole rings is 1. The van der Waals surface area contributed by atoms with Crippen LogP contribution in [0, 0.1) is 0 Å². The van der Waals surface area contributed by atoms with Crippen LogP contribution < -0.4 is 5.32 Å². The van der Waals surface area contributed by atoms with E-state index in [9.17, 15) is 4.79 Å². The number of nitrogens with zero attached hydrogens (tertiary/aromatic N) is 2. The molecule has 0 bridgehead atoms. The number of nitrogens with one attached hydrogen (secondary N) is 1. The van der Waals surface area contributed by atoms with Gasteiger partial charge in [0.1, 0.15) is 5.01 Å². The van der Waals surface area contributed by atoms with Crippen molar-refractivity contribution in [2.75, 3.05) is 12.4 Å². The molecule has 110 valence electrons. The zero-order chi connectivity index (χ0) is 15.4. The van der Waals surface area contributed by atoms with Crippen LogP contribution in [0.4, 0.5) is 10.5 Å². The number of anilines is 1. The summed E-state index contributed by atoms with van der Waals surface area (Å²) in [6, 6.07) is 11.3. The maximum absolute atomic E-state index is 11.3. The summed E-state index contributed by atoms with van der Waals surface area (Å²) >= 11 is 1.56. The number of hydrogen-bond acceptors (Lipinski definition) is 5. The van der Waals surface area contributed by atoms with E-state index in [0.29, 0.717) is 5.69 Å². The molecule has 5 nitrogen and oxygen atoms in total. The summed E-state index contributed by atoms with van der Waals surface area (Å²) in [5.74, 6) is 0. The van der Waals surface area contributed by atoms with Gasteiger partial charge in [-0.05, 0) is 24.3 Å². The maximum atomic E-state index is 11.3. The Morgan fingerprint density at radius 2 is 2.09 bits per heavy atom. The van der Waals surface area contributed by atoms with Crippen LogP contribution in [0.25, 0.3) is 21.8 Å². The third-order valence-electron chi connectivity index (χ3n) is 3.00. The molecule has 2 aromatic heterocycles. The Hall–Kier alpha value is -2.73. The fourth-order valence-corrected chi connectivity index (χ4v) is 2.77. The second kappa shape index (κ2) is 6.36. The molecule has 0 saturated heterocycles. The molecule has 6 heteroatoms. The van der Waals surface area contributed by atoms with Crippen molar-refractivity contribution in [3.63, 3.8) is 0 Å². The summed E-state index contributed by atoms with van der Waals surface area (Å²) < 4.78 is 4.59. The van der Waals surface area contributed by atoms with E-state index in [0.717, 1.165) is 21.8 Å². The molecule has 0 aliphatic rings. The maximum Gasteiger partial charge on any atom is 0.411 e. The van der Waals surface area contributed by atoms with Crippen LogP contribution in [0.5, 0.6) is 0 Å². The van der Waals surface area contributed by atoms with Crippen LogP contribution in [0.3, 0.4) is 0 Å². The average molecular weight is 311 g/mol. The third kappa shape index (κ3) is 3.12. The highest BCUT2D eigenvalue weighted by Crippen LogP contribution is 2.29. The highest BCUT2D eigenvalue weighted by molar-refractivity contribution is 7.13. The van der Waals surface area contributed by atoms with Crippen molar-refractivity contribution < 1.29 is 9.53 Å². The number of carbonyl (C=O) groups excluding carboxylic acids is 1. The molecule has 0 spiro atoms. The van der Waals surface area contributed by atoms with Gasteiger partial charge >= 0.3 is 6.09 Å². The van der Waals surface area contributed by atoms with Crippen molar-refractivity contribution in [2.24, 2.45) is 0 Å². The van der Waals surface area contributed by atoms with Crippen LogP contribution in [0.1, 0.15) is 0 Å². The van der Waals surface area contributed by atoms with Gasteiger partial charge in [-0.3, -0.25) is 10.3 Å². The molecule has 0 aliphatic carbocycles. The molecule has 0 radical (unpaired) electrons. The Bertz CT molecular complexity index is 787. The number of methoxy groups -OCH3 is 1. The van der Waals surface area contributed by atoms with Crippen molar-refractivity contribution in [3.05, 3.63) is 54.2 Å². The third-order valence-corrected chi connectivity index (χ3v) is 3.89. The van der Waals surface area contributed by atoms with Gasteiger partial charge in [0.15, 0.2) is 0 Å². The molecule has 0 aliphatic heterocycles. The summed E-state index contributed by atoms with van der Waals surface area (Å²) in [5, 5.41) is 5.54. The van der Waals surface area contributed by atoms with Crippen LogP contribution in [0.15, 0.2) is 54.2 Å². The van der Waals surface area contributed by atoms with Gasteiger partial charge in [0.05, 0.1) is 12.8 Å². The Labute approximate surface area is 131 Å². The standard InChI is InChI=1S/C16H13N3O2S/c1-21-16(20)18-13-6-2-4-11(8-13)14-10-22-15(19-14)12-5-3-7-17-9-12/h2-10H,1H3,(H,18,20). The summed E-state index contributed by atoms with van der Waals surface area (Å²) in [4.78, 5) is 20.0. The fourth-order valence-electron chi connectivity index (χ4n) is 1.95. The zero-order valence-electron chi connectivity index (χ0n) is 11.8. The first-order valence-corrected chi connectivity index (χ1v) is 7.45. The Morgan fingerprint density at radius 3 is 2.86 bits per heavy atom. The Kier molecular flexibility index (Phi) is 4.11. The molecule has 1 amide bonds. The lowest BCUT2D eigenvalue weighted by molar-refractivity contribution is 0.187. The lowest BCUT2D eigenvalue weighted by atomic mass is 10.1. The molecule has 3 rings (SSSR count). The van der Waals surface area contributed by atoms with Crippen molar-refractivity contribution in [1.82, 2.24) is 9.97 Å². The molecule has 1 aromatic carbocycles. The minimum absolute atomic E-state index is 0.494. The van der Waals surface area contributed by atoms with Gasteiger partial charge in [0.25, 0.3) is 0 Å². The first-order chi connectivity index (χ1) is 10.8. The lowest BCUT2D eigenvalue weighted by Gasteiger charge is -2.04. The van der Waals surface area contributed by atoms with E-state index in [1.165, 1.54) is 7.11 Å². The van der Waals surface area contributed by atoms with Crippen LogP contribution in [-0.2, 0) is 4.74 Å². The number of rotatable bonds is 3. The predicted molar refractivity (Wildman–Crippen MR) is 86.8 cm³/mol. The first kappa shape index (κ1) is 14.2. The average Bonchev–Trinajstić information content (AvgIpc) is 3.06. The highest BCUT2D eigenvalue weighted by Gasteiger charge is 2.08. The van der Waals surface area contributed by atoms with Crippen molar-refractivity contribution in [2.45, 2.75) is 0 Å². The monoisotopic (exact) mass is 311 g/mol. The highest BCUT2D eigenvalue weighted by atomic mass is 32.1. The van der Waals surface area contributed by atoms with Gasteiger partial charge in [-0.2, -0.15) is 0 Å². The minimum Gasteiger partial charge on any atom is -0.453 e. The number of hydrogen-bond donors (Lipinski definition) is 1. The molecule has 3 aromatic rings. The van der Waals surface area contributed by atoms with E-state index in [1.54, 1.807) is 29.8 Å². The lowest BCUT2D eigenvalue weighted by Crippen LogP contribution is -2.10. The van der Waals surface area contributed by atoms with E-state index >= 15 is 0 Å². The van der Waals surface area contributed by atoms with E-state index in [-0.39, 0.29) is 0 Å². The molecule has 2 heterocycles. The van der Waals surface area contributed by atoms with E-state index in [1.807, 2.05) is 35.7 Å². The number of aromatic nitrogens is 2.